The fourth-order valence-corrected chi connectivity index (χ4v) is 3.36. The van der Waals surface area contributed by atoms with Crippen molar-refractivity contribution in [2.75, 3.05) is 5.32 Å². The third kappa shape index (κ3) is 3.96. The number of hydrogen-bond donors (Lipinski definition) is 1. The zero-order valence-corrected chi connectivity index (χ0v) is 16.1. The van der Waals surface area contributed by atoms with Crippen LogP contribution in [0.5, 0.6) is 0 Å². The van der Waals surface area contributed by atoms with Gasteiger partial charge in [-0.3, -0.25) is 9.36 Å². The highest BCUT2D eigenvalue weighted by atomic mass is 35.5. The van der Waals surface area contributed by atoms with E-state index in [-0.39, 0.29) is 27.4 Å². The van der Waals surface area contributed by atoms with E-state index in [1.807, 2.05) is 0 Å². The molecule has 158 valence electrons. The van der Waals surface area contributed by atoms with Crippen molar-refractivity contribution in [1.29, 1.82) is 0 Å². The molecule has 0 aliphatic carbocycles. The van der Waals surface area contributed by atoms with E-state index in [1.54, 1.807) is 12.1 Å². The van der Waals surface area contributed by atoms with Gasteiger partial charge >= 0.3 is 6.18 Å². The van der Waals surface area contributed by atoms with Crippen molar-refractivity contribution in [3.8, 4) is 5.69 Å². The second-order valence-electron chi connectivity index (χ2n) is 6.50. The number of rotatable bonds is 3. The number of halogens is 6. The van der Waals surface area contributed by atoms with Crippen LogP contribution in [0.15, 0.2) is 60.7 Å². The van der Waals surface area contributed by atoms with E-state index in [0.29, 0.717) is 0 Å². The van der Waals surface area contributed by atoms with E-state index in [4.69, 9.17) is 11.6 Å². The predicted molar refractivity (Wildman–Crippen MR) is 105 cm³/mol. The molecule has 0 spiro atoms. The van der Waals surface area contributed by atoms with Gasteiger partial charge in [-0.1, -0.05) is 23.7 Å². The van der Waals surface area contributed by atoms with Gasteiger partial charge < -0.3 is 5.32 Å². The largest absolute Gasteiger partial charge is 0.450 e. The summed E-state index contributed by atoms with van der Waals surface area (Å²) in [5.74, 6) is -3.83. The van der Waals surface area contributed by atoms with Crippen LogP contribution in [0.4, 0.5) is 27.6 Å². The van der Waals surface area contributed by atoms with Crippen LogP contribution in [0.25, 0.3) is 16.7 Å². The third-order valence-corrected chi connectivity index (χ3v) is 4.74. The van der Waals surface area contributed by atoms with Crippen molar-refractivity contribution < 1.29 is 26.7 Å². The van der Waals surface area contributed by atoms with Gasteiger partial charge in [0.2, 0.25) is 5.82 Å². The lowest BCUT2D eigenvalue weighted by molar-refractivity contribution is -0.145. The van der Waals surface area contributed by atoms with Gasteiger partial charge in [-0.15, -0.1) is 0 Å². The molecule has 0 saturated heterocycles. The number of hydrogen-bond acceptors (Lipinski definition) is 2. The van der Waals surface area contributed by atoms with Crippen molar-refractivity contribution in [1.82, 2.24) is 9.55 Å². The summed E-state index contributed by atoms with van der Waals surface area (Å²) >= 11 is 6.23. The number of carbonyl (C=O) groups excluding carboxylic acids is 1. The minimum atomic E-state index is -4.75. The van der Waals surface area contributed by atoms with Crippen LogP contribution in [0.1, 0.15) is 16.2 Å². The molecule has 31 heavy (non-hydrogen) atoms. The Morgan fingerprint density at radius 2 is 1.74 bits per heavy atom. The smallest absolute Gasteiger partial charge is 0.322 e. The first-order valence-corrected chi connectivity index (χ1v) is 9.14. The standard InChI is InChI=1S/C21H11ClF5N3O/c22-14-10-12(28-19(31)13-9-11(23)5-7-15(13)24)6-8-17(14)30-18-4-2-1-3-16(18)29-20(30)21(25,26)27/h1-10H,(H,28,31). The Kier molecular flexibility index (Phi) is 5.14. The van der Waals surface area contributed by atoms with E-state index >= 15 is 0 Å². The van der Waals surface area contributed by atoms with Gasteiger partial charge in [-0.05, 0) is 48.5 Å². The molecule has 3 aromatic carbocycles. The summed E-state index contributed by atoms with van der Waals surface area (Å²) < 4.78 is 68.7. The molecule has 1 heterocycles. The molecule has 0 bridgehead atoms. The second-order valence-corrected chi connectivity index (χ2v) is 6.91. The number of aromatic nitrogens is 2. The molecule has 1 amide bonds. The van der Waals surface area contributed by atoms with Gasteiger partial charge in [0.1, 0.15) is 11.6 Å². The molecule has 0 fully saturated rings. The first-order valence-electron chi connectivity index (χ1n) is 8.76. The molecule has 0 aliphatic rings. The van der Waals surface area contributed by atoms with Crippen molar-refractivity contribution >= 4 is 34.2 Å². The van der Waals surface area contributed by atoms with Crippen LogP contribution in [0, 0.1) is 11.6 Å². The number of nitrogens with zero attached hydrogens (tertiary/aromatic N) is 2. The highest BCUT2D eigenvalue weighted by Crippen LogP contribution is 2.36. The van der Waals surface area contributed by atoms with Crippen molar-refractivity contribution in [2.45, 2.75) is 6.18 Å². The maximum Gasteiger partial charge on any atom is 0.450 e. The zero-order valence-electron chi connectivity index (χ0n) is 15.3. The lowest BCUT2D eigenvalue weighted by atomic mass is 10.2. The van der Waals surface area contributed by atoms with Crippen LogP contribution >= 0.6 is 11.6 Å². The third-order valence-electron chi connectivity index (χ3n) is 4.43. The summed E-state index contributed by atoms with van der Waals surface area (Å²) in [4.78, 5) is 15.9. The van der Waals surface area contributed by atoms with Gasteiger partial charge in [0.15, 0.2) is 0 Å². The van der Waals surface area contributed by atoms with Gasteiger partial charge in [0, 0.05) is 5.69 Å². The average Bonchev–Trinajstić information content (AvgIpc) is 3.10. The lowest BCUT2D eigenvalue weighted by Crippen LogP contribution is -2.15. The van der Waals surface area contributed by atoms with Gasteiger partial charge in [0.05, 0.1) is 27.3 Å². The number of carbonyl (C=O) groups is 1. The number of anilines is 1. The van der Waals surface area contributed by atoms with Crippen LogP contribution in [-0.4, -0.2) is 15.5 Å². The molecule has 1 aromatic heterocycles. The van der Waals surface area contributed by atoms with E-state index in [2.05, 4.69) is 10.3 Å². The van der Waals surface area contributed by atoms with Crippen LogP contribution in [-0.2, 0) is 6.18 Å². The summed E-state index contributed by atoms with van der Waals surface area (Å²) in [7, 11) is 0. The van der Waals surface area contributed by atoms with E-state index in [9.17, 15) is 26.7 Å². The quantitative estimate of drug-likeness (QED) is 0.375. The molecule has 4 aromatic rings. The summed E-state index contributed by atoms with van der Waals surface area (Å²) in [6.45, 7) is 0. The Labute approximate surface area is 176 Å². The van der Waals surface area contributed by atoms with Gasteiger partial charge in [-0.2, -0.15) is 13.2 Å². The lowest BCUT2D eigenvalue weighted by Gasteiger charge is -2.14. The fourth-order valence-electron chi connectivity index (χ4n) is 3.10. The van der Waals surface area contributed by atoms with Crippen molar-refractivity contribution in [3.05, 3.63) is 88.7 Å². The topological polar surface area (TPSA) is 46.9 Å². The number of amides is 1. The first kappa shape index (κ1) is 20.8. The molecule has 0 saturated carbocycles. The number of nitrogens with one attached hydrogen (secondary N) is 1. The first-order chi connectivity index (χ1) is 14.6. The van der Waals surface area contributed by atoms with Gasteiger partial charge in [-0.25, -0.2) is 13.8 Å². The van der Waals surface area contributed by atoms with Crippen LogP contribution in [0.3, 0.4) is 0 Å². The maximum absolute atomic E-state index is 13.8. The Morgan fingerprint density at radius 1 is 1.00 bits per heavy atom. The van der Waals surface area contributed by atoms with E-state index in [1.165, 1.54) is 30.3 Å². The fraction of sp³-hybridized carbons (Fsp3) is 0.0476. The maximum atomic E-state index is 13.8. The number of fused-ring (bicyclic) bond motifs is 1. The minimum absolute atomic E-state index is 0.0161. The average molecular weight is 452 g/mol. The van der Waals surface area contributed by atoms with Gasteiger partial charge in [0.25, 0.3) is 5.91 Å². The molecule has 4 nitrogen and oxygen atoms in total. The molecule has 0 atom stereocenters. The summed E-state index contributed by atoms with van der Waals surface area (Å²) in [5.41, 5.74) is -0.140. The molecule has 10 heteroatoms. The van der Waals surface area contributed by atoms with E-state index in [0.717, 1.165) is 22.8 Å². The van der Waals surface area contributed by atoms with Crippen molar-refractivity contribution in [2.24, 2.45) is 0 Å². The Bertz CT molecular complexity index is 1320. The highest BCUT2D eigenvalue weighted by molar-refractivity contribution is 6.33. The molecule has 4 rings (SSSR count). The minimum Gasteiger partial charge on any atom is -0.322 e. The second kappa shape index (κ2) is 7.66. The summed E-state index contributed by atoms with van der Waals surface area (Å²) in [6.07, 6.45) is -4.75. The Hall–Kier alpha value is -3.46. The zero-order chi connectivity index (χ0) is 22.3. The monoisotopic (exact) mass is 451 g/mol. The molecule has 0 aliphatic heterocycles. The van der Waals surface area contributed by atoms with Crippen molar-refractivity contribution in [3.63, 3.8) is 0 Å². The molecular formula is C21H11ClF5N3O. The van der Waals surface area contributed by atoms with E-state index < -0.39 is 35.1 Å². The predicted octanol–water partition coefficient (Wildman–Crippen LogP) is 6.23. The molecule has 0 radical (unpaired) electrons. The highest BCUT2D eigenvalue weighted by Gasteiger charge is 2.38. The normalized spacial score (nSPS) is 11.7. The van der Waals surface area contributed by atoms with Crippen LogP contribution < -0.4 is 5.32 Å². The number of para-hydroxylation sites is 2. The number of alkyl halides is 3. The summed E-state index contributed by atoms with van der Waals surface area (Å²) in [5, 5.41) is 2.23. The Balaban J connectivity index is 1.74. The molecule has 1 N–H and O–H groups in total. The number of imidazole rings is 1. The molecule has 0 unspecified atom stereocenters. The van der Waals surface area contributed by atoms with Crippen LogP contribution in [0.2, 0.25) is 5.02 Å². The SMILES string of the molecule is O=C(Nc1ccc(-n2c(C(F)(F)F)nc3ccccc32)c(Cl)c1)c1cc(F)ccc1F. The Morgan fingerprint density at radius 3 is 2.45 bits per heavy atom. The summed E-state index contributed by atoms with van der Waals surface area (Å²) in [6, 6.07) is 12.2. The molecular weight excluding hydrogens is 441 g/mol. The number of benzene rings is 3.